The van der Waals surface area contributed by atoms with Crippen LogP contribution in [0.25, 0.3) is 0 Å². The number of nitrogens with zero attached hydrogens (tertiary/aromatic N) is 4. The Kier molecular flexibility index (Phi) is 4.48. The highest BCUT2D eigenvalue weighted by Gasteiger charge is 2.34. The van der Waals surface area contributed by atoms with Crippen LogP contribution in [0.5, 0.6) is 0 Å². The normalized spacial score (nSPS) is 25.1. The lowest BCUT2D eigenvalue weighted by Crippen LogP contribution is -2.28. The van der Waals surface area contributed by atoms with E-state index < -0.39 is 0 Å². The van der Waals surface area contributed by atoms with Gasteiger partial charge < -0.3 is 15.1 Å². The molecular formula is C15H21N5OS. The van der Waals surface area contributed by atoms with Crippen molar-refractivity contribution in [2.24, 2.45) is 11.8 Å². The molecule has 1 N–H and O–H groups in total. The van der Waals surface area contributed by atoms with Crippen LogP contribution in [0.1, 0.15) is 26.2 Å². The smallest absolute Gasteiger partial charge is 0.231 e. The molecule has 118 valence electrons. The van der Waals surface area contributed by atoms with E-state index in [-0.39, 0.29) is 17.7 Å². The molecule has 2 saturated heterocycles. The second kappa shape index (κ2) is 6.53. The van der Waals surface area contributed by atoms with E-state index >= 15 is 0 Å². The van der Waals surface area contributed by atoms with Gasteiger partial charge >= 0.3 is 0 Å². The first kappa shape index (κ1) is 15.1. The quantitative estimate of drug-likeness (QED) is 0.864. The summed E-state index contributed by atoms with van der Waals surface area (Å²) >= 11 is 1.54. The number of hydrogen-bond donors (Lipinski definition) is 1. The van der Waals surface area contributed by atoms with Crippen molar-refractivity contribution < 1.29 is 4.79 Å². The average molecular weight is 319 g/mol. The van der Waals surface area contributed by atoms with Crippen molar-refractivity contribution in [2.75, 3.05) is 36.4 Å². The maximum atomic E-state index is 12.4. The number of nitrogens with one attached hydrogen (secondary N) is 1. The second-order valence-electron chi connectivity index (χ2n) is 6.13. The molecule has 3 rings (SSSR count). The van der Waals surface area contributed by atoms with Gasteiger partial charge in [-0.3, -0.25) is 4.79 Å². The van der Waals surface area contributed by atoms with Crippen molar-refractivity contribution in [3.05, 3.63) is 6.20 Å². The Morgan fingerprint density at radius 1 is 1.41 bits per heavy atom. The molecule has 2 fully saturated rings. The molecule has 0 spiro atoms. The van der Waals surface area contributed by atoms with E-state index in [4.69, 9.17) is 5.26 Å². The predicted molar refractivity (Wildman–Crippen MR) is 86.6 cm³/mol. The van der Waals surface area contributed by atoms with E-state index in [9.17, 15) is 4.79 Å². The summed E-state index contributed by atoms with van der Waals surface area (Å²) in [5.74, 6) is 0.0351. The van der Waals surface area contributed by atoms with Gasteiger partial charge in [0, 0.05) is 26.2 Å². The zero-order valence-electron chi connectivity index (χ0n) is 12.8. The Hall–Kier alpha value is -1.81. The molecule has 0 unspecified atom stereocenters. The first-order valence-corrected chi connectivity index (χ1v) is 8.65. The summed E-state index contributed by atoms with van der Waals surface area (Å²) in [5, 5.41) is 13.7. The van der Waals surface area contributed by atoms with Crippen molar-refractivity contribution in [3.63, 3.8) is 0 Å². The molecule has 0 aromatic carbocycles. The molecule has 2 aliphatic rings. The minimum absolute atomic E-state index is 0.0233. The lowest BCUT2D eigenvalue weighted by Gasteiger charge is -2.26. The molecule has 2 atom stereocenters. The van der Waals surface area contributed by atoms with Gasteiger partial charge in [0.1, 0.15) is 5.00 Å². The minimum Gasteiger partial charge on any atom is -0.362 e. The predicted octanol–water partition coefficient (Wildman–Crippen LogP) is 2.12. The van der Waals surface area contributed by atoms with Crippen molar-refractivity contribution >= 4 is 27.4 Å². The molecule has 22 heavy (non-hydrogen) atoms. The molecule has 1 aromatic heterocycles. The molecule has 1 amide bonds. The number of aromatic nitrogens is 1. The fourth-order valence-corrected chi connectivity index (χ4v) is 4.04. The van der Waals surface area contributed by atoms with Gasteiger partial charge in [-0.05, 0) is 25.2 Å². The third-order valence-electron chi connectivity index (χ3n) is 4.48. The molecule has 2 aliphatic heterocycles. The summed E-state index contributed by atoms with van der Waals surface area (Å²) in [7, 11) is 0. The summed E-state index contributed by atoms with van der Waals surface area (Å²) in [4.78, 5) is 20.7. The SMILES string of the molecule is C[C@H]1CN(C#N)C[C@@H]1C(=O)Nc1ncc(N2CCCCC2)s1. The molecule has 0 radical (unpaired) electrons. The van der Waals surface area contributed by atoms with Crippen LogP contribution in [0.15, 0.2) is 6.20 Å². The highest BCUT2D eigenvalue weighted by atomic mass is 32.1. The van der Waals surface area contributed by atoms with Crippen LogP contribution in [-0.2, 0) is 4.79 Å². The van der Waals surface area contributed by atoms with E-state index in [0.717, 1.165) is 18.1 Å². The number of carbonyl (C=O) groups is 1. The maximum absolute atomic E-state index is 12.4. The van der Waals surface area contributed by atoms with Crippen molar-refractivity contribution in [1.82, 2.24) is 9.88 Å². The van der Waals surface area contributed by atoms with Crippen molar-refractivity contribution in [2.45, 2.75) is 26.2 Å². The monoisotopic (exact) mass is 319 g/mol. The van der Waals surface area contributed by atoms with Crippen LogP contribution in [-0.4, -0.2) is 42.0 Å². The highest BCUT2D eigenvalue weighted by Crippen LogP contribution is 2.30. The Labute approximate surface area is 134 Å². The summed E-state index contributed by atoms with van der Waals surface area (Å²) in [5.41, 5.74) is 0. The molecule has 1 aromatic rings. The third kappa shape index (κ3) is 3.17. The largest absolute Gasteiger partial charge is 0.362 e. The average Bonchev–Trinajstić information content (AvgIpc) is 3.14. The zero-order valence-corrected chi connectivity index (χ0v) is 13.6. The van der Waals surface area contributed by atoms with Crippen LogP contribution >= 0.6 is 11.3 Å². The van der Waals surface area contributed by atoms with Gasteiger partial charge in [0.2, 0.25) is 5.91 Å². The number of rotatable bonds is 3. The van der Waals surface area contributed by atoms with Gasteiger partial charge in [-0.1, -0.05) is 18.3 Å². The van der Waals surface area contributed by atoms with E-state index in [2.05, 4.69) is 21.4 Å². The number of nitriles is 1. The van der Waals surface area contributed by atoms with Crippen LogP contribution in [0.4, 0.5) is 10.1 Å². The highest BCUT2D eigenvalue weighted by molar-refractivity contribution is 7.19. The number of anilines is 2. The minimum atomic E-state index is -0.137. The van der Waals surface area contributed by atoms with Gasteiger partial charge in [0.15, 0.2) is 11.3 Å². The summed E-state index contributed by atoms with van der Waals surface area (Å²) in [6, 6.07) is 0. The summed E-state index contributed by atoms with van der Waals surface area (Å²) in [6.07, 6.45) is 7.73. The second-order valence-corrected chi connectivity index (χ2v) is 7.14. The Morgan fingerprint density at radius 2 is 2.18 bits per heavy atom. The van der Waals surface area contributed by atoms with Crippen molar-refractivity contribution in [3.8, 4) is 6.19 Å². The number of hydrogen-bond acceptors (Lipinski definition) is 6. The lowest BCUT2D eigenvalue weighted by atomic mass is 9.97. The molecular weight excluding hydrogens is 298 g/mol. The third-order valence-corrected chi connectivity index (χ3v) is 5.46. The maximum Gasteiger partial charge on any atom is 0.231 e. The molecule has 0 bridgehead atoms. The van der Waals surface area contributed by atoms with Crippen LogP contribution in [0, 0.1) is 23.3 Å². The fraction of sp³-hybridized carbons (Fsp3) is 0.667. The first-order chi connectivity index (χ1) is 10.7. The lowest BCUT2D eigenvalue weighted by molar-refractivity contribution is -0.120. The Morgan fingerprint density at radius 3 is 2.86 bits per heavy atom. The Balaban J connectivity index is 1.60. The van der Waals surface area contributed by atoms with E-state index in [0.29, 0.717) is 18.2 Å². The van der Waals surface area contributed by atoms with Gasteiger partial charge in [0.05, 0.1) is 12.1 Å². The number of piperidine rings is 1. The molecule has 6 nitrogen and oxygen atoms in total. The van der Waals surface area contributed by atoms with Crippen molar-refractivity contribution in [1.29, 1.82) is 5.26 Å². The first-order valence-electron chi connectivity index (χ1n) is 7.83. The number of likely N-dealkylation sites (tertiary alicyclic amines) is 1. The standard InChI is InChI=1S/C15H21N5OS/c1-11-8-19(10-16)9-12(11)14(21)18-15-17-7-13(22-15)20-5-3-2-4-6-20/h7,11-12H,2-6,8-9H2,1H3,(H,17,18,21)/t11-,12-/m0/s1. The van der Waals surface area contributed by atoms with E-state index in [1.165, 1.54) is 30.6 Å². The number of thiazole rings is 1. The van der Waals surface area contributed by atoms with Crippen LogP contribution in [0.3, 0.4) is 0 Å². The number of carbonyl (C=O) groups excluding carboxylic acids is 1. The summed E-state index contributed by atoms with van der Waals surface area (Å²) < 4.78 is 0. The summed E-state index contributed by atoms with van der Waals surface area (Å²) in [6.45, 7) is 5.33. The van der Waals surface area contributed by atoms with Gasteiger partial charge in [-0.25, -0.2) is 4.98 Å². The fourth-order valence-electron chi connectivity index (χ4n) is 3.17. The van der Waals surface area contributed by atoms with Crippen LogP contribution < -0.4 is 10.2 Å². The molecule has 7 heteroatoms. The topological polar surface area (TPSA) is 72.3 Å². The van der Waals surface area contributed by atoms with Gasteiger partial charge in [0.25, 0.3) is 0 Å². The van der Waals surface area contributed by atoms with Crippen LogP contribution in [0.2, 0.25) is 0 Å². The van der Waals surface area contributed by atoms with E-state index in [1.807, 2.05) is 13.1 Å². The Bertz CT molecular complexity index is 575. The van der Waals surface area contributed by atoms with Gasteiger partial charge in [-0.2, -0.15) is 5.26 Å². The zero-order chi connectivity index (χ0) is 15.5. The van der Waals surface area contributed by atoms with Gasteiger partial charge in [-0.15, -0.1) is 0 Å². The molecule has 0 saturated carbocycles. The molecule has 0 aliphatic carbocycles. The van der Waals surface area contributed by atoms with E-state index in [1.54, 1.807) is 4.90 Å². The molecule has 3 heterocycles. The number of amides is 1.